The van der Waals surface area contributed by atoms with Gasteiger partial charge in [0.2, 0.25) is 11.8 Å². The van der Waals surface area contributed by atoms with Crippen LogP contribution in [-0.4, -0.2) is 106 Å². The molecule has 1 atom stereocenters. The molecule has 0 spiro atoms. The molecule has 0 radical (unpaired) electrons. The Morgan fingerprint density at radius 1 is 0.966 bits per heavy atom. The van der Waals surface area contributed by atoms with E-state index < -0.39 is 5.92 Å². The van der Waals surface area contributed by atoms with Gasteiger partial charge < -0.3 is 25.2 Å². The minimum Gasteiger partial charge on any atom is -0.478 e. The first kappa shape index (κ1) is 40.1. The van der Waals surface area contributed by atoms with Crippen LogP contribution in [0.15, 0.2) is 53.6 Å². The zero-order valence-electron chi connectivity index (χ0n) is 33.8. The Balaban J connectivity index is 0.862. The maximum Gasteiger partial charge on any atom is 0.294 e. The number of rotatable bonds is 11. The van der Waals surface area contributed by atoms with Gasteiger partial charge in [-0.05, 0) is 69.4 Å². The van der Waals surface area contributed by atoms with Crippen LogP contribution in [-0.2, 0) is 21.4 Å². The van der Waals surface area contributed by atoms with Gasteiger partial charge in [0.05, 0.1) is 45.9 Å². The van der Waals surface area contributed by atoms with E-state index in [1.54, 1.807) is 23.0 Å². The van der Waals surface area contributed by atoms with Crippen LogP contribution in [0.4, 0.5) is 22.9 Å². The number of halogens is 1. The first-order valence-electron chi connectivity index (χ1n) is 20.3. The SMILES string of the molecule is CNC(=O)COc1cc2cc(Nc3cc(N4CCC(CN5CCN(c6ccc7c(C8CCC(=O)NC8=O)nn(C)c7c6)CC5)CC4)ncc3Cl)cnc2n(C(C)C)c1=O. The molecule has 17 heteroatoms. The lowest BCUT2D eigenvalue weighted by atomic mass is 9.93. The number of fused-ring (bicyclic) bond motifs is 2. The highest BCUT2D eigenvalue weighted by Gasteiger charge is 2.32. The molecule has 3 aliphatic rings. The summed E-state index contributed by atoms with van der Waals surface area (Å²) >= 11 is 6.65. The maximum atomic E-state index is 13.2. The van der Waals surface area contributed by atoms with E-state index >= 15 is 0 Å². The lowest BCUT2D eigenvalue weighted by molar-refractivity contribution is -0.134. The van der Waals surface area contributed by atoms with Crippen molar-refractivity contribution in [2.24, 2.45) is 13.0 Å². The molecule has 310 valence electrons. The molecule has 3 saturated heterocycles. The van der Waals surface area contributed by atoms with Gasteiger partial charge in [0.15, 0.2) is 12.4 Å². The summed E-state index contributed by atoms with van der Waals surface area (Å²) in [6.45, 7) is 10.2. The molecule has 4 aromatic heterocycles. The number of imide groups is 1. The van der Waals surface area contributed by atoms with Crippen LogP contribution in [0.3, 0.4) is 0 Å². The Morgan fingerprint density at radius 3 is 2.47 bits per heavy atom. The number of carbonyl (C=O) groups excluding carboxylic acids is 3. The van der Waals surface area contributed by atoms with E-state index in [0.717, 1.165) is 86.8 Å². The molecule has 0 saturated carbocycles. The number of carbonyl (C=O) groups is 3. The molecule has 3 aliphatic heterocycles. The summed E-state index contributed by atoms with van der Waals surface area (Å²) in [6.07, 6.45) is 6.29. The fourth-order valence-electron chi connectivity index (χ4n) is 8.50. The first-order valence-corrected chi connectivity index (χ1v) is 20.7. The zero-order valence-corrected chi connectivity index (χ0v) is 34.6. The van der Waals surface area contributed by atoms with Gasteiger partial charge in [0.25, 0.3) is 11.5 Å². The number of likely N-dealkylation sites (N-methyl/N-ethyl adjacent to an activating group) is 1. The summed E-state index contributed by atoms with van der Waals surface area (Å²) in [5.41, 5.74) is 4.42. The van der Waals surface area contributed by atoms with E-state index in [-0.39, 0.29) is 41.7 Å². The molecule has 3 N–H and O–H groups in total. The molecule has 16 nitrogen and oxygen atoms in total. The highest BCUT2D eigenvalue weighted by atomic mass is 35.5. The quantitative estimate of drug-likeness (QED) is 0.161. The van der Waals surface area contributed by atoms with Gasteiger partial charge in [-0.3, -0.25) is 38.6 Å². The zero-order chi connectivity index (χ0) is 41.4. The van der Waals surface area contributed by atoms with Crippen molar-refractivity contribution < 1.29 is 19.1 Å². The summed E-state index contributed by atoms with van der Waals surface area (Å²) in [7, 11) is 3.42. The molecule has 3 fully saturated rings. The van der Waals surface area contributed by atoms with Crippen LogP contribution >= 0.6 is 11.6 Å². The number of ether oxygens (including phenoxy) is 1. The van der Waals surface area contributed by atoms with Gasteiger partial charge in [-0.15, -0.1) is 0 Å². The Morgan fingerprint density at radius 2 is 1.75 bits per heavy atom. The number of hydrogen-bond donors (Lipinski definition) is 3. The molecule has 7 heterocycles. The lowest BCUT2D eigenvalue weighted by Crippen LogP contribution is -2.49. The Hall–Kier alpha value is -5.74. The summed E-state index contributed by atoms with van der Waals surface area (Å²) in [4.78, 5) is 65.9. The largest absolute Gasteiger partial charge is 0.478 e. The number of benzene rings is 1. The number of anilines is 4. The Labute approximate surface area is 346 Å². The Kier molecular flexibility index (Phi) is 11.4. The third-order valence-corrected chi connectivity index (χ3v) is 12.0. The second kappa shape index (κ2) is 16.9. The smallest absolute Gasteiger partial charge is 0.294 e. The van der Waals surface area contributed by atoms with Crippen molar-refractivity contribution in [3.8, 4) is 5.75 Å². The minimum absolute atomic E-state index is 0.0761. The number of nitrogens with zero attached hydrogens (tertiary/aromatic N) is 8. The van der Waals surface area contributed by atoms with Crippen LogP contribution in [0.1, 0.15) is 57.2 Å². The molecule has 0 bridgehead atoms. The van der Waals surface area contributed by atoms with Crippen LogP contribution in [0, 0.1) is 5.92 Å². The third-order valence-electron chi connectivity index (χ3n) is 11.7. The molecule has 8 rings (SSSR count). The van der Waals surface area contributed by atoms with Crippen molar-refractivity contribution in [2.45, 2.75) is 51.5 Å². The average Bonchev–Trinajstić information content (AvgIpc) is 3.56. The van der Waals surface area contributed by atoms with Gasteiger partial charge in [0, 0.05) is 94.9 Å². The van der Waals surface area contributed by atoms with Crippen molar-refractivity contribution in [1.29, 1.82) is 0 Å². The predicted molar refractivity (Wildman–Crippen MR) is 228 cm³/mol. The number of piperidine rings is 2. The van der Waals surface area contributed by atoms with Crippen LogP contribution in [0.2, 0.25) is 5.02 Å². The summed E-state index contributed by atoms with van der Waals surface area (Å²) in [5, 5.41) is 15.2. The van der Waals surface area contributed by atoms with Gasteiger partial charge in [-0.1, -0.05) is 11.6 Å². The average molecular weight is 824 g/mol. The summed E-state index contributed by atoms with van der Waals surface area (Å²) < 4.78 is 9.01. The minimum atomic E-state index is -0.413. The third kappa shape index (κ3) is 8.41. The molecule has 1 aromatic carbocycles. The first-order chi connectivity index (χ1) is 28.4. The van der Waals surface area contributed by atoms with Crippen LogP contribution < -0.4 is 36.0 Å². The second-order valence-corrected chi connectivity index (χ2v) is 16.4. The van der Waals surface area contributed by atoms with Crippen molar-refractivity contribution >= 4 is 74.1 Å². The molecule has 5 aromatic rings. The number of pyridine rings is 3. The molecule has 59 heavy (non-hydrogen) atoms. The second-order valence-electron chi connectivity index (χ2n) is 16.0. The molecule has 3 amide bonds. The number of aromatic nitrogens is 5. The van der Waals surface area contributed by atoms with Gasteiger partial charge >= 0.3 is 0 Å². The predicted octanol–water partition coefficient (Wildman–Crippen LogP) is 4.34. The number of piperazine rings is 1. The van der Waals surface area contributed by atoms with Gasteiger partial charge in [-0.25, -0.2) is 9.97 Å². The van der Waals surface area contributed by atoms with E-state index in [2.05, 4.69) is 58.8 Å². The standard InChI is InChI=1S/C42H50ClN11O5/c1-25(2)54-40-27(18-35(42(54)58)59-24-38(56)44-3)17-28(21-46-40)47-33-20-36(45-22-32(33)43)53-11-9-26(10-12-53)23-51-13-15-52(16-14-51)29-5-6-30-34(19-29)50(4)49-39(30)31-7-8-37(55)48-41(31)57/h5-6,17-22,25-26,31H,7-16,23-24H2,1-4H3,(H,44,56)(H,45,47)(H,48,55,57). The fraction of sp³-hybridized carbons (Fsp3) is 0.452. The molecular weight excluding hydrogens is 774 g/mol. The highest BCUT2D eigenvalue weighted by molar-refractivity contribution is 6.33. The topological polar surface area (TPSA) is 172 Å². The van der Waals surface area contributed by atoms with Crippen molar-refractivity contribution in [3.05, 3.63) is 69.9 Å². The number of amides is 3. The normalized spacial score (nSPS) is 18.2. The van der Waals surface area contributed by atoms with Crippen LogP contribution in [0.5, 0.6) is 5.75 Å². The van der Waals surface area contributed by atoms with E-state index in [1.807, 2.05) is 37.7 Å². The summed E-state index contributed by atoms with van der Waals surface area (Å²) in [5.74, 6) is 0.288. The van der Waals surface area contributed by atoms with Crippen molar-refractivity contribution in [3.63, 3.8) is 0 Å². The monoisotopic (exact) mass is 823 g/mol. The van der Waals surface area contributed by atoms with Crippen molar-refractivity contribution in [2.75, 3.05) is 74.6 Å². The maximum absolute atomic E-state index is 13.2. The van der Waals surface area contributed by atoms with Gasteiger partial charge in [-0.2, -0.15) is 5.10 Å². The highest BCUT2D eigenvalue weighted by Crippen LogP contribution is 2.34. The molecular formula is C42H50ClN11O5. The summed E-state index contributed by atoms with van der Waals surface area (Å²) in [6, 6.07) is 11.7. The Bertz CT molecular complexity index is 2470. The van der Waals surface area contributed by atoms with E-state index in [1.165, 1.54) is 7.05 Å². The van der Waals surface area contributed by atoms with Crippen molar-refractivity contribution in [1.82, 2.24) is 39.8 Å². The molecule has 1 unspecified atom stereocenters. The number of nitrogens with one attached hydrogen (secondary N) is 3. The van der Waals surface area contributed by atoms with E-state index in [0.29, 0.717) is 46.2 Å². The van der Waals surface area contributed by atoms with E-state index in [4.69, 9.17) is 21.4 Å². The van der Waals surface area contributed by atoms with Crippen LogP contribution in [0.25, 0.3) is 21.9 Å². The molecule has 0 aliphatic carbocycles. The number of hydrogen-bond acceptors (Lipinski definition) is 12. The lowest BCUT2D eigenvalue weighted by Gasteiger charge is -2.40. The fourth-order valence-corrected chi connectivity index (χ4v) is 8.65. The van der Waals surface area contributed by atoms with E-state index in [9.17, 15) is 19.2 Å². The van der Waals surface area contributed by atoms with Gasteiger partial charge in [0.1, 0.15) is 11.5 Å². The number of aryl methyl sites for hydroxylation is 1.